The van der Waals surface area contributed by atoms with Crippen LogP contribution in [-0.2, 0) is 16.1 Å². The third-order valence-electron chi connectivity index (χ3n) is 2.03. The van der Waals surface area contributed by atoms with Gasteiger partial charge in [0, 0.05) is 14.2 Å². The second-order valence-corrected chi connectivity index (χ2v) is 3.59. The monoisotopic (exact) mass is 227 g/mol. The predicted octanol–water partition coefficient (Wildman–Crippen LogP) is 1.86. The van der Waals surface area contributed by atoms with Gasteiger partial charge in [-0.2, -0.15) is 0 Å². The molecular formula is C11H14ClNO2. The van der Waals surface area contributed by atoms with Crippen molar-refractivity contribution in [2.24, 2.45) is 0 Å². The molecule has 15 heavy (non-hydrogen) atoms. The summed E-state index contributed by atoms with van der Waals surface area (Å²) in [4.78, 5) is 11.3. The molecule has 0 aliphatic rings. The van der Waals surface area contributed by atoms with Crippen LogP contribution < -0.4 is 5.32 Å². The second kappa shape index (κ2) is 5.73. The highest BCUT2D eigenvalue weighted by Crippen LogP contribution is 2.21. The van der Waals surface area contributed by atoms with Gasteiger partial charge in [0.2, 0.25) is 5.91 Å². The van der Waals surface area contributed by atoms with Crippen LogP contribution in [0.25, 0.3) is 0 Å². The Hall–Kier alpha value is -1.06. The fourth-order valence-electron chi connectivity index (χ4n) is 1.29. The lowest BCUT2D eigenvalue weighted by atomic mass is 10.1. The van der Waals surface area contributed by atoms with Crippen molar-refractivity contribution >= 4 is 17.5 Å². The van der Waals surface area contributed by atoms with Crippen LogP contribution in [0.1, 0.15) is 16.5 Å². The quantitative estimate of drug-likeness (QED) is 0.798. The molecule has 0 aliphatic carbocycles. The van der Waals surface area contributed by atoms with Crippen molar-refractivity contribution in [3.63, 3.8) is 0 Å². The average molecular weight is 228 g/mol. The zero-order valence-electron chi connectivity index (χ0n) is 8.79. The second-order valence-electron chi connectivity index (χ2n) is 3.15. The SMILES string of the molecule is CNC(=O)C(Cl)c1cccc(COC)c1. The molecule has 1 N–H and O–H groups in total. The van der Waals surface area contributed by atoms with E-state index in [1.165, 1.54) is 0 Å². The Morgan fingerprint density at radius 1 is 1.60 bits per heavy atom. The van der Waals surface area contributed by atoms with Crippen molar-refractivity contribution in [1.29, 1.82) is 0 Å². The van der Waals surface area contributed by atoms with E-state index < -0.39 is 5.38 Å². The molecule has 0 saturated carbocycles. The number of ether oxygens (including phenoxy) is 1. The van der Waals surface area contributed by atoms with Gasteiger partial charge in [-0.3, -0.25) is 4.79 Å². The molecule has 0 bridgehead atoms. The molecule has 0 fully saturated rings. The van der Waals surface area contributed by atoms with Crippen LogP contribution in [-0.4, -0.2) is 20.1 Å². The summed E-state index contributed by atoms with van der Waals surface area (Å²) in [5, 5.41) is 1.87. The van der Waals surface area contributed by atoms with Gasteiger partial charge in [0.1, 0.15) is 5.38 Å². The van der Waals surface area contributed by atoms with E-state index in [1.807, 2.05) is 24.3 Å². The van der Waals surface area contributed by atoms with Crippen molar-refractivity contribution in [2.75, 3.05) is 14.2 Å². The summed E-state index contributed by atoms with van der Waals surface area (Å²) in [6.07, 6.45) is 0. The van der Waals surface area contributed by atoms with E-state index in [9.17, 15) is 4.79 Å². The Morgan fingerprint density at radius 3 is 2.93 bits per heavy atom. The van der Waals surface area contributed by atoms with Crippen LogP contribution in [0.5, 0.6) is 0 Å². The van der Waals surface area contributed by atoms with Gasteiger partial charge < -0.3 is 10.1 Å². The van der Waals surface area contributed by atoms with E-state index >= 15 is 0 Å². The molecule has 0 heterocycles. The number of benzene rings is 1. The molecule has 0 aliphatic heterocycles. The van der Waals surface area contributed by atoms with Gasteiger partial charge in [-0.05, 0) is 11.1 Å². The van der Waals surface area contributed by atoms with Gasteiger partial charge in [0.15, 0.2) is 0 Å². The Kier molecular flexibility index (Phi) is 4.59. The van der Waals surface area contributed by atoms with E-state index in [2.05, 4.69) is 5.32 Å². The fraction of sp³-hybridized carbons (Fsp3) is 0.364. The molecule has 1 aromatic rings. The topological polar surface area (TPSA) is 38.3 Å². The third kappa shape index (κ3) is 3.22. The molecule has 3 nitrogen and oxygen atoms in total. The molecule has 1 unspecified atom stereocenters. The summed E-state index contributed by atoms with van der Waals surface area (Å²) in [7, 11) is 3.19. The number of alkyl halides is 1. The minimum atomic E-state index is -0.646. The molecule has 0 spiro atoms. The molecule has 0 aromatic heterocycles. The maximum absolute atomic E-state index is 11.3. The number of rotatable bonds is 4. The van der Waals surface area contributed by atoms with Gasteiger partial charge in [0.25, 0.3) is 0 Å². The molecule has 0 radical (unpaired) electrons. The summed E-state index contributed by atoms with van der Waals surface area (Å²) >= 11 is 5.98. The lowest BCUT2D eigenvalue weighted by Gasteiger charge is -2.09. The number of nitrogens with one attached hydrogen (secondary N) is 1. The number of carbonyl (C=O) groups excluding carboxylic acids is 1. The minimum absolute atomic E-state index is 0.203. The Morgan fingerprint density at radius 2 is 2.33 bits per heavy atom. The van der Waals surface area contributed by atoms with Crippen molar-refractivity contribution in [3.8, 4) is 0 Å². The van der Waals surface area contributed by atoms with Crippen LogP contribution in [0.2, 0.25) is 0 Å². The van der Waals surface area contributed by atoms with Crippen LogP contribution in [0, 0.1) is 0 Å². The van der Waals surface area contributed by atoms with Crippen LogP contribution in [0.15, 0.2) is 24.3 Å². The van der Waals surface area contributed by atoms with E-state index in [0.717, 1.165) is 11.1 Å². The zero-order chi connectivity index (χ0) is 11.3. The largest absolute Gasteiger partial charge is 0.380 e. The first-order chi connectivity index (χ1) is 7.19. The van der Waals surface area contributed by atoms with Crippen molar-refractivity contribution < 1.29 is 9.53 Å². The van der Waals surface area contributed by atoms with Gasteiger partial charge in [-0.15, -0.1) is 11.6 Å². The number of carbonyl (C=O) groups is 1. The summed E-state index contributed by atoms with van der Waals surface area (Å²) in [6, 6.07) is 7.49. The smallest absolute Gasteiger partial charge is 0.242 e. The van der Waals surface area contributed by atoms with E-state index in [1.54, 1.807) is 14.2 Å². The van der Waals surface area contributed by atoms with Crippen LogP contribution in [0.3, 0.4) is 0 Å². The molecule has 4 heteroatoms. The Labute approximate surface area is 94.4 Å². The van der Waals surface area contributed by atoms with Gasteiger partial charge in [-0.25, -0.2) is 0 Å². The summed E-state index contributed by atoms with van der Waals surface area (Å²) < 4.78 is 5.01. The predicted molar refractivity (Wildman–Crippen MR) is 59.8 cm³/mol. The molecular weight excluding hydrogens is 214 g/mol. The zero-order valence-corrected chi connectivity index (χ0v) is 9.54. The summed E-state index contributed by atoms with van der Waals surface area (Å²) in [6.45, 7) is 0.519. The highest BCUT2D eigenvalue weighted by atomic mass is 35.5. The molecule has 1 aromatic carbocycles. The van der Waals surface area contributed by atoms with Crippen molar-refractivity contribution in [3.05, 3.63) is 35.4 Å². The van der Waals surface area contributed by atoms with E-state index in [0.29, 0.717) is 6.61 Å². The standard InChI is InChI=1S/C11H14ClNO2/c1-13-11(14)10(12)9-5-3-4-8(6-9)7-15-2/h3-6,10H,7H2,1-2H3,(H,13,14). The fourth-order valence-corrected chi connectivity index (χ4v) is 1.53. The maximum atomic E-state index is 11.3. The third-order valence-corrected chi connectivity index (χ3v) is 2.48. The van der Waals surface area contributed by atoms with Crippen LogP contribution >= 0.6 is 11.6 Å². The number of likely N-dealkylation sites (N-methyl/N-ethyl adjacent to an activating group) is 1. The Balaban J connectivity index is 2.84. The van der Waals surface area contributed by atoms with Crippen molar-refractivity contribution in [2.45, 2.75) is 12.0 Å². The molecule has 82 valence electrons. The minimum Gasteiger partial charge on any atom is -0.380 e. The molecule has 0 saturated heterocycles. The lowest BCUT2D eigenvalue weighted by Crippen LogP contribution is -2.22. The van der Waals surface area contributed by atoms with Crippen LogP contribution in [0.4, 0.5) is 0 Å². The first kappa shape index (κ1) is 12.0. The molecule has 1 rings (SSSR count). The maximum Gasteiger partial charge on any atom is 0.242 e. The Bertz CT molecular complexity index is 341. The molecule has 1 amide bonds. The highest BCUT2D eigenvalue weighted by Gasteiger charge is 2.15. The van der Waals surface area contributed by atoms with Gasteiger partial charge >= 0.3 is 0 Å². The van der Waals surface area contributed by atoms with E-state index in [-0.39, 0.29) is 5.91 Å². The highest BCUT2D eigenvalue weighted by molar-refractivity contribution is 6.30. The van der Waals surface area contributed by atoms with E-state index in [4.69, 9.17) is 16.3 Å². The lowest BCUT2D eigenvalue weighted by molar-refractivity contribution is -0.120. The normalized spacial score (nSPS) is 12.2. The number of hydrogen-bond acceptors (Lipinski definition) is 2. The number of amides is 1. The summed E-state index contributed by atoms with van der Waals surface area (Å²) in [5.74, 6) is -0.203. The first-order valence-corrected chi connectivity index (χ1v) is 5.06. The average Bonchev–Trinajstić information content (AvgIpc) is 2.28. The number of halogens is 1. The van der Waals surface area contributed by atoms with Gasteiger partial charge in [0.05, 0.1) is 6.61 Å². The van der Waals surface area contributed by atoms with Crippen molar-refractivity contribution in [1.82, 2.24) is 5.32 Å². The molecule has 1 atom stereocenters. The number of hydrogen-bond donors (Lipinski definition) is 1. The summed E-state index contributed by atoms with van der Waals surface area (Å²) in [5.41, 5.74) is 1.79. The van der Waals surface area contributed by atoms with Gasteiger partial charge in [-0.1, -0.05) is 24.3 Å². The number of methoxy groups -OCH3 is 1. The first-order valence-electron chi connectivity index (χ1n) is 4.62.